The number of likely N-dealkylation sites (tertiary alicyclic amines) is 1. The van der Waals surface area contributed by atoms with E-state index in [1.807, 2.05) is 85.6 Å². The second-order valence-corrected chi connectivity index (χ2v) is 12.0. The van der Waals surface area contributed by atoms with Crippen LogP contribution in [0, 0.1) is 6.92 Å². The maximum absolute atomic E-state index is 14.4. The van der Waals surface area contributed by atoms with Crippen molar-refractivity contribution in [2.45, 2.75) is 38.9 Å². The van der Waals surface area contributed by atoms with Crippen molar-refractivity contribution in [1.82, 2.24) is 14.4 Å². The quantitative estimate of drug-likeness (QED) is 0.264. The zero-order valence-electron chi connectivity index (χ0n) is 25.1. The number of ether oxygens (including phenoxy) is 1. The zero-order chi connectivity index (χ0) is 30.2. The minimum Gasteiger partial charge on any atom is -0.496 e. The van der Waals surface area contributed by atoms with E-state index in [4.69, 9.17) is 16.3 Å². The van der Waals surface area contributed by atoms with Crippen LogP contribution in [-0.4, -0.2) is 66.5 Å². The Kier molecular flexibility index (Phi) is 8.03. The molecule has 0 spiro atoms. The number of benzene rings is 3. The summed E-state index contributed by atoms with van der Waals surface area (Å²) in [4.78, 5) is 34.1. The molecule has 0 N–H and O–H groups in total. The van der Waals surface area contributed by atoms with E-state index in [0.717, 1.165) is 59.6 Å². The molecule has 222 valence electrons. The lowest BCUT2D eigenvalue weighted by Gasteiger charge is -2.35. The molecule has 0 aliphatic carbocycles. The molecule has 2 aliphatic rings. The lowest BCUT2D eigenvalue weighted by molar-refractivity contribution is 0.0649. The summed E-state index contributed by atoms with van der Waals surface area (Å²) in [5, 5.41) is 0.481. The first kappa shape index (κ1) is 29.0. The molecule has 2 aliphatic heterocycles. The molecule has 0 unspecified atom stereocenters. The Hall–Kier alpha value is -4.07. The number of hydrogen-bond acceptors (Lipinski definition) is 4. The largest absolute Gasteiger partial charge is 0.496 e. The molecule has 1 saturated heterocycles. The Bertz CT molecular complexity index is 1690. The molecule has 0 radical (unpaired) electrons. The Labute approximate surface area is 258 Å². The number of piperidine rings is 1. The third kappa shape index (κ3) is 5.43. The number of rotatable bonds is 5. The van der Waals surface area contributed by atoms with Crippen molar-refractivity contribution in [2.75, 3.05) is 39.2 Å². The number of methoxy groups -OCH3 is 1. The molecule has 6 rings (SSSR count). The average molecular weight is 597 g/mol. The highest BCUT2D eigenvalue weighted by molar-refractivity contribution is 6.34. The summed E-state index contributed by atoms with van der Waals surface area (Å²) in [5.74, 6) is 0.257. The van der Waals surface area contributed by atoms with Crippen molar-refractivity contribution < 1.29 is 14.3 Å². The van der Waals surface area contributed by atoms with E-state index in [1.54, 1.807) is 18.1 Å². The maximum atomic E-state index is 14.4. The second-order valence-electron chi connectivity index (χ2n) is 11.6. The van der Waals surface area contributed by atoms with Crippen LogP contribution in [0.25, 0.3) is 11.1 Å². The highest BCUT2D eigenvalue weighted by atomic mass is 35.5. The van der Waals surface area contributed by atoms with E-state index in [2.05, 4.69) is 16.5 Å². The van der Waals surface area contributed by atoms with Crippen LogP contribution in [0.3, 0.4) is 0 Å². The average Bonchev–Trinajstić information content (AvgIpc) is 3.33. The number of carbonyl (C=O) groups excluding carboxylic acids is 2. The number of hydrogen-bond donors (Lipinski definition) is 0. The van der Waals surface area contributed by atoms with Crippen LogP contribution >= 0.6 is 11.6 Å². The molecule has 3 heterocycles. The van der Waals surface area contributed by atoms with Gasteiger partial charge in [-0.25, -0.2) is 0 Å². The number of para-hydroxylation sites is 1. The molecule has 1 aromatic heterocycles. The van der Waals surface area contributed by atoms with Gasteiger partial charge in [0.05, 0.1) is 25.8 Å². The monoisotopic (exact) mass is 596 g/mol. The highest BCUT2D eigenvalue weighted by Crippen LogP contribution is 2.38. The number of carbonyl (C=O) groups is 2. The molecule has 4 aromatic rings. The molecular weight excluding hydrogens is 560 g/mol. The van der Waals surface area contributed by atoms with E-state index in [-0.39, 0.29) is 17.9 Å². The zero-order valence-corrected chi connectivity index (χ0v) is 25.9. The maximum Gasteiger partial charge on any atom is 0.270 e. The fourth-order valence-electron chi connectivity index (χ4n) is 6.37. The summed E-state index contributed by atoms with van der Waals surface area (Å²) in [7, 11) is 5.61. The first-order valence-electron chi connectivity index (χ1n) is 14.7. The SMILES string of the molecule is COc1cc(-c2ccccc2C)c(Cl)cc1C(=O)N1Cc2ccc(C(=O)N(C)C3CCN(C)CC3)n2Cc2ccccc21. The summed E-state index contributed by atoms with van der Waals surface area (Å²) in [6.45, 7) is 4.80. The number of nitrogens with zero attached hydrogens (tertiary/aromatic N) is 4. The van der Waals surface area contributed by atoms with Gasteiger partial charge in [-0.05, 0) is 86.9 Å². The van der Waals surface area contributed by atoms with Crippen LogP contribution in [0.2, 0.25) is 5.02 Å². The van der Waals surface area contributed by atoms with Gasteiger partial charge < -0.3 is 24.0 Å². The van der Waals surface area contributed by atoms with E-state index in [9.17, 15) is 9.59 Å². The van der Waals surface area contributed by atoms with E-state index >= 15 is 0 Å². The van der Waals surface area contributed by atoms with Crippen molar-refractivity contribution >= 4 is 29.1 Å². The first-order chi connectivity index (χ1) is 20.8. The lowest BCUT2D eigenvalue weighted by atomic mass is 9.98. The summed E-state index contributed by atoms with van der Waals surface area (Å²) >= 11 is 6.83. The van der Waals surface area contributed by atoms with Crippen LogP contribution in [0.15, 0.2) is 72.8 Å². The van der Waals surface area contributed by atoms with Crippen molar-refractivity contribution in [3.8, 4) is 16.9 Å². The Morgan fingerprint density at radius 2 is 1.65 bits per heavy atom. The van der Waals surface area contributed by atoms with E-state index in [1.165, 1.54) is 0 Å². The third-order valence-corrected chi connectivity index (χ3v) is 9.29. The van der Waals surface area contributed by atoms with Gasteiger partial charge in [-0.2, -0.15) is 0 Å². The predicted octanol–water partition coefficient (Wildman–Crippen LogP) is 6.50. The molecule has 3 aromatic carbocycles. The molecule has 1 fully saturated rings. The van der Waals surface area contributed by atoms with Crippen molar-refractivity contribution in [2.24, 2.45) is 0 Å². The first-order valence-corrected chi connectivity index (χ1v) is 15.1. The number of aryl methyl sites for hydroxylation is 1. The summed E-state index contributed by atoms with van der Waals surface area (Å²) in [5.41, 5.74) is 6.58. The smallest absolute Gasteiger partial charge is 0.270 e. The van der Waals surface area contributed by atoms with Gasteiger partial charge in [0.25, 0.3) is 11.8 Å². The van der Waals surface area contributed by atoms with Crippen molar-refractivity contribution in [3.63, 3.8) is 0 Å². The van der Waals surface area contributed by atoms with Gasteiger partial charge in [-0.3, -0.25) is 9.59 Å². The molecule has 2 amide bonds. The van der Waals surface area contributed by atoms with Gasteiger partial charge in [0.1, 0.15) is 11.4 Å². The number of halogens is 1. The van der Waals surface area contributed by atoms with Gasteiger partial charge in [0, 0.05) is 35.1 Å². The topological polar surface area (TPSA) is 58.0 Å². The van der Waals surface area contributed by atoms with Gasteiger partial charge in [-0.15, -0.1) is 0 Å². The summed E-state index contributed by atoms with van der Waals surface area (Å²) in [6, 6.07) is 23.5. The number of amides is 2. The molecule has 0 atom stereocenters. The molecule has 0 bridgehead atoms. The number of anilines is 1. The minimum absolute atomic E-state index is 0.0123. The predicted molar refractivity (Wildman–Crippen MR) is 171 cm³/mol. The Morgan fingerprint density at radius 3 is 2.40 bits per heavy atom. The molecule has 0 saturated carbocycles. The molecule has 8 heteroatoms. The van der Waals surface area contributed by atoms with Crippen LogP contribution in [-0.2, 0) is 13.1 Å². The van der Waals surface area contributed by atoms with E-state index in [0.29, 0.717) is 35.1 Å². The van der Waals surface area contributed by atoms with Gasteiger partial charge in [-0.1, -0.05) is 54.1 Å². The normalized spacial score (nSPS) is 15.4. The summed E-state index contributed by atoms with van der Waals surface area (Å²) < 4.78 is 7.83. The van der Waals surface area contributed by atoms with Crippen LogP contribution in [0.4, 0.5) is 5.69 Å². The second kappa shape index (κ2) is 11.9. The van der Waals surface area contributed by atoms with Crippen molar-refractivity contribution in [1.29, 1.82) is 0 Å². The number of fused-ring (bicyclic) bond motifs is 2. The molecular formula is C35H37ClN4O3. The Morgan fingerprint density at radius 1 is 0.930 bits per heavy atom. The highest BCUT2D eigenvalue weighted by Gasteiger charge is 2.31. The summed E-state index contributed by atoms with van der Waals surface area (Å²) in [6.07, 6.45) is 1.93. The van der Waals surface area contributed by atoms with Gasteiger partial charge >= 0.3 is 0 Å². The minimum atomic E-state index is -0.214. The van der Waals surface area contributed by atoms with Gasteiger partial charge in [0.15, 0.2) is 0 Å². The molecule has 43 heavy (non-hydrogen) atoms. The van der Waals surface area contributed by atoms with Crippen LogP contribution in [0.1, 0.15) is 50.5 Å². The molecule has 7 nitrogen and oxygen atoms in total. The van der Waals surface area contributed by atoms with E-state index < -0.39 is 0 Å². The van der Waals surface area contributed by atoms with Crippen LogP contribution in [0.5, 0.6) is 5.75 Å². The van der Waals surface area contributed by atoms with Gasteiger partial charge in [0.2, 0.25) is 0 Å². The Balaban J connectivity index is 1.36. The van der Waals surface area contributed by atoms with Crippen molar-refractivity contribution in [3.05, 3.63) is 106 Å². The van der Waals surface area contributed by atoms with Crippen LogP contribution < -0.4 is 9.64 Å². The standard InChI is InChI=1S/C35H37ClN4O3/c1-23-9-5-7-11-27(23)28-20-33(43-4)29(19-30(28)36)34(41)40-22-26-13-14-32(39(26)21-24-10-6-8-12-31(24)40)35(42)38(3)25-15-17-37(2)18-16-25/h5-14,19-20,25H,15-18,21-22H2,1-4H3. The fraction of sp³-hybridized carbons (Fsp3) is 0.314. The number of aromatic nitrogens is 1. The third-order valence-electron chi connectivity index (χ3n) is 8.98. The lowest BCUT2D eigenvalue weighted by Crippen LogP contribution is -2.45. The fourth-order valence-corrected chi connectivity index (χ4v) is 6.64.